The van der Waals surface area contributed by atoms with Gasteiger partial charge in [0.05, 0.1) is 11.4 Å². The molecule has 118 valence electrons. The predicted octanol–water partition coefficient (Wildman–Crippen LogP) is 1.95. The van der Waals surface area contributed by atoms with Crippen LogP contribution in [0.3, 0.4) is 0 Å². The van der Waals surface area contributed by atoms with Gasteiger partial charge in [-0.05, 0) is 19.1 Å². The molecule has 1 aromatic carbocycles. The van der Waals surface area contributed by atoms with Gasteiger partial charge in [0.1, 0.15) is 23.3 Å². The highest BCUT2D eigenvalue weighted by atomic mass is 35.5. The van der Waals surface area contributed by atoms with Crippen molar-refractivity contribution in [2.24, 2.45) is 7.05 Å². The number of sulfonamides is 1. The van der Waals surface area contributed by atoms with Gasteiger partial charge in [0.2, 0.25) is 0 Å². The number of aromatic nitrogens is 2. The first-order valence-corrected chi connectivity index (χ1v) is 8.36. The third kappa shape index (κ3) is 2.59. The SMILES string of the molecule is Cc1nn(C)c(Cl)c1S(=O)(=O)Nc1ccc2c(c1)OCCO2. The molecule has 1 aliphatic heterocycles. The number of halogens is 1. The van der Waals surface area contributed by atoms with Gasteiger partial charge in [-0.15, -0.1) is 0 Å². The molecule has 1 aliphatic rings. The topological polar surface area (TPSA) is 82.5 Å². The Bertz CT molecular complexity index is 832. The summed E-state index contributed by atoms with van der Waals surface area (Å²) in [5.74, 6) is 1.09. The van der Waals surface area contributed by atoms with Crippen molar-refractivity contribution in [1.29, 1.82) is 0 Å². The summed E-state index contributed by atoms with van der Waals surface area (Å²) >= 11 is 6.02. The zero-order valence-corrected chi connectivity index (χ0v) is 13.5. The summed E-state index contributed by atoms with van der Waals surface area (Å²) in [7, 11) is -2.26. The van der Waals surface area contributed by atoms with Crippen LogP contribution < -0.4 is 14.2 Å². The van der Waals surface area contributed by atoms with Crippen LogP contribution in [0.1, 0.15) is 5.69 Å². The average molecular weight is 344 g/mol. The quantitative estimate of drug-likeness (QED) is 0.921. The predicted molar refractivity (Wildman–Crippen MR) is 81.2 cm³/mol. The van der Waals surface area contributed by atoms with E-state index < -0.39 is 10.0 Å². The van der Waals surface area contributed by atoms with Gasteiger partial charge < -0.3 is 9.47 Å². The van der Waals surface area contributed by atoms with E-state index in [1.165, 1.54) is 4.68 Å². The number of ether oxygens (including phenoxy) is 2. The second kappa shape index (κ2) is 5.36. The van der Waals surface area contributed by atoms with Crippen molar-refractivity contribution in [3.05, 3.63) is 29.0 Å². The van der Waals surface area contributed by atoms with Gasteiger partial charge in [-0.25, -0.2) is 8.42 Å². The van der Waals surface area contributed by atoms with Crippen molar-refractivity contribution < 1.29 is 17.9 Å². The molecule has 0 atom stereocenters. The Morgan fingerprint density at radius 3 is 2.59 bits per heavy atom. The molecule has 9 heteroatoms. The fraction of sp³-hybridized carbons (Fsp3) is 0.308. The Morgan fingerprint density at radius 1 is 1.27 bits per heavy atom. The molecule has 0 amide bonds. The van der Waals surface area contributed by atoms with Crippen molar-refractivity contribution in [3.8, 4) is 11.5 Å². The lowest BCUT2D eigenvalue weighted by molar-refractivity contribution is 0.171. The summed E-state index contributed by atoms with van der Waals surface area (Å²) < 4.78 is 39.6. The van der Waals surface area contributed by atoms with Gasteiger partial charge in [0.15, 0.2) is 11.5 Å². The van der Waals surface area contributed by atoms with Gasteiger partial charge in [-0.3, -0.25) is 9.40 Å². The standard InChI is InChI=1S/C13H14ClN3O4S/c1-8-12(13(14)17(2)15-8)22(18,19)16-9-3-4-10-11(7-9)21-6-5-20-10/h3-4,7,16H,5-6H2,1-2H3. The molecule has 22 heavy (non-hydrogen) atoms. The fourth-order valence-corrected chi connectivity index (χ4v) is 4.03. The molecule has 0 saturated carbocycles. The molecule has 0 aliphatic carbocycles. The first-order valence-electron chi connectivity index (χ1n) is 6.50. The Morgan fingerprint density at radius 2 is 1.95 bits per heavy atom. The maximum absolute atomic E-state index is 12.5. The minimum absolute atomic E-state index is 0.0356. The summed E-state index contributed by atoms with van der Waals surface area (Å²) in [5, 5.41) is 4.07. The minimum Gasteiger partial charge on any atom is -0.486 e. The molecule has 2 heterocycles. The summed E-state index contributed by atoms with van der Waals surface area (Å²) in [5.41, 5.74) is 0.695. The highest BCUT2D eigenvalue weighted by molar-refractivity contribution is 7.92. The molecule has 1 aromatic heterocycles. The molecule has 0 unspecified atom stereocenters. The van der Waals surface area contributed by atoms with Crippen LogP contribution in [0.25, 0.3) is 0 Å². The summed E-state index contributed by atoms with van der Waals surface area (Å²) in [6, 6.07) is 4.83. The van der Waals surface area contributed by atoms with Crippen LogP contribution in [-0.2, 0) is 17.1 Å². The lowest BCUT2D eigenvalue weighted by Gasteiger charge is -2.19. The van der Waals surface area contributed by atoms with Gasteiger partial charge in [0.25, 0.3) is 10.0 Å². The molecule has 0 saturated heterocycles. The Hall–Kier alpha value is -1.93. The van der Waals surface area contributed by atoms with E-state index in [0.29, 0.717) is 36.1 Å². The van der Waals surface area contributed by atoms with E-state index in [2.05, 4.69) is 9.82 Å². The van der Waals surface area contributed by atoms with Crippen LogP contribution in [0, 0.1) is 6.92 Å². The third-order valence-electron chi connectivity index (χ3n) is 3.16. The Labute approximate surface area is 132 Å². The number of benzene rings is 1. The van der Waals surface area contributed by atoms with Gasteiger partial charge in [-0.2, -0.15) is 5.10 Å². The van der Waals surface area contributed by atoms with Gasteiger partial charge in [0, 0.05) is 13.1 Å². The number of anilines is 1. The van der Waals surface area contributed by atoms with Crippen molar-refractivity contribution in [3.63, 3.8) is 0 Å². The van der Waals surface area contributed by atoms with Crippen LogP contribution in [0.4, 0.5) is 5.69 Å². The number of rotatable bonds is 3. The lowest BCUT2D eigenvalue weighted by Crippen LogP contribution is -2.17. The molecular weight excluding hydrogens is 330 g/mol. The van der Waals surface area contributed by atoms with E-state index in [1.54, 1.807) is 32.2 Å². The Balaban J connectivity index is 1.95. The summed E-state index contributed by atoms with van der Waals surface area (Å²) in [6.07, 6.45) is 0. The summed E-state index contributed by atoms with van der Waals surface area (Å²) in [4.78, 5) is -0.0356. The van der Waals surface area contributed by atoms with Crippen LogP contribution in [0.15, 0.2) is 23.1 Å². The number of nitrogens with zero attached hydrogens (tertiary/aromatic N) is 2. The van der Waals surface area contributed by atoms with E-state index in [1.807, 2.05) is 0 Å². The molecule has 2 aromatic rings. The molecule has 0 bridgehead atoms. The molecule has 0 fully saturated rings. The third-order valence-corrected chi connectivity index (χ3v) is 5.24. The molecular formula is C13H14ClN3O4S. The van der Waals surface area contributed by atoms with Crippen LogP contribution in [0.2, 0.25) is 5.15 Å². The first kappa shape index (κ1) is 15.0. The highest BCUT2D eigenvalue weighted by Crippen LogP contribution is 2.34. The zero-order valence-electron chi connectivity index (χ0n) is 12.0. The zero-order chi connectivity index (χ0) is 15.9. The first-order chi connectivity index (χ1) is 10.4. The number of aryl methyl sites for hydroxylation is 2. The normalized spacial score (nSPS) is 14.0. The Kier molecular flexibility index (Phi) is 3.65. The monoisotopic (exact) mass is 343 g/mol. The fourth-order valence-electron chi connectivity index (χ4n) is 2.23. The van der Waals surface area contributed by atoms with E-state index in [9.17, 15) is 8.42 Å². The van der Waals surface area contributed by atoms with Crippen molar-refractivity contribution >= 4 is 27.3 Å². The number of hydrogen-bond acceptors (Lipinski definition) is 5. The molecule has 3 rings (SSSR count). The summed E-state index contributed by atoms with van der Waals surface area (Å²) in [6.45, 7) is 2.49. The van der Waals surface area contributed by atoms with E-state index in [4.69, 9.17) is 21.1 Å². The average Bonchev–Trinajstić information content (AvgIpc) is 2.72. The van der Waals surface area contributed by atoms with Crippen LogP contribution in [-0.4, -0.2) is 31.4 Å². The van der Waals surface area contributed by atoms with Crippen molar-refractivity contribution in [2.75, 3.05) is 17.9 Å². The molecule has 0 radical (unpaired) electrons. The number of fused-ring (bicyclic) bond motifs is 1. The minimum atomic E-state index is -3.84. The second-order valence-electron chi connectivity index (χ2n) is 4.79. The van der Waals surface area contributed by atoms with Crippen molar-refractivity contribution in [1.82, 2.24) is 9.78 Å². The molecule has 0 spiro atoms. The maximum Gasteiger partial charge on any atom is 0.266 e. The largest absolute Gasteiger partial charge is 0.486 e. The molecule has 7 nitrogen and oxygen atoms in total. The second-order valence-corrected chi connectivity index (χ2v) is 6.77. The number of nitrogens with one attached hydrogen (secondary N) is 1. The molecule has 1 N–H and O–H groups in total. The smallest absolute Gasteiger partial charge is 0.266 e. The van der Waals surface area contributed by atoms with Crippen molar-refractivity contribution in [2.45, 2.75) is 11.8 Å². The van der Waals surface area contributed by atoms with Crippen LogP contribution >= 0.6 is 11.6 Å². The van der Waals surface area contributed by atoms with Crippen LogP contribution in [0.5, 0.6) is 11.5 Å². The van der Waals surface area contributed by atoms with E-state index in [0.717, 1.165) is 0 Å². The van der Waals surface area contributed by atoms with Gasteiger partial charge in [-0.1, -0.05) is 11.6 Å². The number of hydrogen-bond donors (Lipinski definition) is 1. The maximum atomic E-state index is 12.5. The highest BCUT2D eigenvalue weighted by Gasteiger charge is 2.25. The van der Waals surface area contributed by atoms with Gasteiger partial charge >= 0.3 is 0 Å². The van der Waals surface area contributed by atoms with E-state index >= 15 is 0 Å². The van der Waals surface area contributed by atoms with E-state index in [-0.39, 0.29) is 10.0 Å². The lowest BCUT2D eigenvalue weighted by atomic mass is 10.3.